The first kappa shape index (κ1) is 41.6. The van der Waals surface area contributed by atoms with E-state index in [0.29, 0.717) is 0 Å². The van der Waals surface area contributed by atoms with Gasteiger partial charge in [0.25, 0.3) is 0 Å². The molecule has 0 atom stereocenters. The zero-order valence-electron chi connectivity index (χ0n) is 0.687. The molecule has 0 unspecified atom stereocenters. The largest absolute Gasteiger partial charge is 0.0149 e. The summed E-state index contributed by atoms with van der Waals surface area (Å²) in [5.41, 5.74) is 0. The summed E-state index contributed by atoms with van der Waals surface area (Å²) < 4.78 is 0. The van der Waals surface area contributed by atoms with Crippen LogP contribution in [-0.4, -0.2) is 28.6 Å². The van der Waals surface area contributed by atoms with Crippen molar-refractivity contribution < 1.29 is 33.8 Å². The smallest absolute Gasteiger partial charge is 0.0149 e. The first-order valence-electron chi connectivity index (χ1n) is 0. The van der Waals surface area contributed by atoms with Crippen LogP contribution in [0.15, 0.2) is 0 Å². The summed E-state index contributed by atoms with van der Waals surface area (Å²) in [5, 5.41) is 0. The second-order valence-corrected chi connectivity index (χ2v) is 0. The summed E-state index contributed by atoms with van der Waals surface area (Å²) in [6.07, 6.45) is 0. The maximum absolute atomic E-state index is 0. The van der Waals surface area contributed by atoms with Gasteiger partial charge in [-0.1, -0.05) is 0 Å². The first-order valence-corrected chi connectivity index (χ1v) is 0. The van der Waals surface area contributed by atoms with Gasteiger partial charge in [0.05, 0.1) is 0 Å². The van der Waals surface area contributed by atoms with Crippen LogP contribution in [0.4, 0.5) is 0 Å². The van der Waals surface area contributed by atoms with E-state index in [4.69, 9.17) is 0 Å². The van der Waals surface area contributed by atoms with Gasteiger partial charge in [-0.15, -0.1) is 0 Å². The van der Waals surface area contributed by atoms with Crippen molar-refractivity contribution in [3.63, 3.8) is 0 Å². The molecule has 0 aromatic rings. The quantitative estimate of drug-likeness (QED) is 0.387. The molecule has 0 aliphatic heterocycles. The predicted molar refractivity (Wildman–Crippen MR) is 22.7 cm³/mol. The molecule has 0 N–H and O–H groups in total. The molecule has 0 amide bonds. The fraction of sp³-hybridized carbons (Fsp3) is 0. The molecule has 0 fully saturated rings. The number of hydrogen-bond donors (Lipinski definition) is 0. The summed E-state index contributed by atoms with van der Waals surface area (Å²) in [6.45, 7) is 0. The molecule has 0 saturated carbocycles. The molecular formula is H8CoFeGeSi. The van der Waals surface area contributed by atoms with Crippen molar-refractivity contribution in [1.82, 2.24) is 0 Å². The maximum atomic E-state index is 0. The standard InChI is InChI=1S/Co.Fe.GeH4.H4Si/h;;2*1H4. The summed E-state index contributed by atoms with van der Waals surface area (Å²) in [5.74, 6) is 0. The van der Waals surface area contributed by atoms with E-state index in [9.17, 15) is 0 Å². The van der Waals surface area contributed by atoms with Crippen molar-refractivity contribution in [1.29, 1.82) is 0 Å². The fourth-order valence-corrected chi connectivity index (χ4v) is 0. The SMILES string of the molecule is [Co].[Fe].[GeH4].[SiH4]. The van der Waals surface area contributed by atoms with Crippen LogP contribution in [0, 0.1) is 0 Å². The molecule has 0 nitrogen and oxygen atoms in total. The average Bonchev–Trinajstić information content (AvgIpc) is 0. The van der Waals surface area contributed by atoms with Crippen molar-refractivity contribution in [2.24, 2.45) is 0 Å². The number of rotatable bonds is 0. The van der Waals surface area contributed by atoms with Crippen molar-refractivity contribution in [3.05, 3.63) is 0 Å². The van der Waals surface area contributed by atoms with Crippen LogP contribution in [0.2, 0.25) is 0 Å². The van der Waals surface area contributed by atoms with Crippen molar-refractivity contribution in [3.8, 4) is 0 Å². The Kier molecular flexibility index (Phi) is 223. The van der Waals surface area contributed by atoms with E-state index in [0.717, 1.165) is 0 Å². The Morgan fingerprint density at radius 3 is 1.00 bits per heavy atom. The van der Waals surface area contributed by atoms with Gasteiger partial charge in [-0.25, -0.2) is 0 Å². The van der Waals surface area contributed by atoms with Gasteiger partial charge in [-0.2, -0.15) is 0 Å². The molecule has 4 heavy (non-hydrogen) atoms. The van der Waals surface area contributed by atoms with Crippen LogP contribution in [0.1, 0.15) is 0 Å². The van der Waals surface area contributed by atoms with Crippen molar-refractivity contribution in [2.75, 3.05) is 0 Å². The zero-order chi connectivity index (χ0) is 0. The van der Waals surface area contributed by atoms with E-state index in [2.05, 4.69) is 0 Å². The summed E-state index contributed by atoms with van der Waals surface area (Å²) in [7, 11) is 0. The van der Waals surface area contributed by atoms with Crippen LogP contribution in [-0.2, 0) is 33.8 Å². The Hall–Kier alpha value is 1.79. The monoisotopic (exact) mass is 225 g/mol. The minimum Gasteiger partial charge on any atom is -0.0149 e. The molecule has 4 heteroatoms. The molecule has 33 valence electrons. The maximum Gasteiger partial charge on any atom is -0.0149 e. The summed E-state index contributed by atoms with van der Waals surface area (Å²) in [6, 6.07) is 0. The third kappa shape index (κ3) is 9.21. The Morgan fingerprint density at radius 1 is 1.00 bits per heavy atom. The normalized spacial score (nSPS) is 0. The van der Waals surface area contributed by atoms with E-state index in [-0.39, 0.29) is 62.4 Å². The van der Waals surface area contributed by atoms with Gasteiger partial charge in [0.1, 0.15) is 0 Å². The minimum absolute atomic E-state index is 0. The second kappa shape index (κ2) is 21.5. The van der Waals surface area contributed by atoms with Gasteiger partial charge in [0.2, 0.25) is 0 Å². The Balaban J connectivity index is 0. The molecule has 0 aromatic heterocycles. The third-order valence-corrected chi connectivity index (χ3v) is 0. The van der Waals surface area contributed by atoms with Gasteiger partial charge < -0.3 is 0 Å². The second-order valence-electron chi connectivity index (χ2n) is 0. The average molecular weight is 224 g/mol. The molecule has 0 bridgehead atoms. The predicted octanol–water partition coefficient (Wildman–Crippen LogP) is -2.91. The van der Waals surface area contributed by atoms with Gasteiger partial charge >= 0.3 is 17.6 Å². The van der Waals surface area contributed by atoms with Gasteiger partial charge in [-0.3, -0.25) is 0 Å². The topological polar surface area (TPSA) is 0 Å². The van der Waals surface area contributed by atoms with Crippen LogP contribution >= 0.6 is 0 Å². The van der Waals surface area contributed by atoms with Crippen molar-refractivity contribution in [2.45, 2.75) is 0 Å². The molecular weight excluding hydrogens is 215 g/mol. The Morgan fingerprint density at radius 2 is 1.00 bits per heavy atom. The fourth-order valence-electron chi connectivity index (χ4n) is 0. The van der Waals surface area contributed by atoms with Crippen molar-refractivity contribution >= 4 is 28.6 Å². The Labute approximate surface area is 62.2 Å². The molecule has 0 saturated heterocycles. The summed E-state index contributed by atoms with van der Waals surface area (Å²) >= 11 is 0. The molecule has 0 aliphatic rings. The molecule has 0 aliphatic carbocycles. The van der Waals surface area contributed by atoms with Gasteiger partial charge in [0.15, 0.2) is 0 Å². The van der Waals surface area contributed by atoms with E-state index in [1.54, 1.807) is 0 Å². The van der Waals surface area contributed by atoms with Gasteiger partial charge in [-0.05, 0) is 11.0 Å². The van der Waals surface area contributed by atoms with Crippen LogP contribution in [0.3, 0.4) is 0 Å². The summed E-state index contributed by atoms with van der Waals surface area (Å²) in [4.78, 5) is 0. The molecule has 0 rings (SSSR count). The van der Waals surface area contributed by atoms with E-state index in [1.165, 1.54) is 0 Å². The minimum atomic E-state index is 0. The molecule has 1 radical (unpaired) electrons. The Bertz CT molecular complexity index is 8.00. The first-order chi connectivity index (χ1) is 0. The van der Waals surface area contributed by atoms with Crippen LogP contribution in [0.5, 0.6) is 0 Å². The van der Waals surface area contributed by atoms with Crippen LogP contribution < -0.4 is 0 Å². The van der Waals surface area contributed by atoms with Crippen LogP contribution in [0.25, 0.3) is 0 Å². The molecule has 0 heterocycles. The van der Waals surface area contributed by atoms with E-state index in [1.807, 2.05) is 0 Å². The van der Waals surface area contributed by atoms with Gasteiger partial charge in [0, 0.05) is 33.8 Å². The zero-order valence-corrected chi connectivity index (χ0v) is 2.83. The molecule has 0 spiro atoms. The molecule has 0 aromatic carbocycles. The van der Waals surface area contributed by atoms with E-state index >= 15 is 0 Å². The number of hydrogen-bond acceptors (Lipinski definition) is 0. The third-order valence-electron chi connectivity index (χ3n) is 0. The van der Waals surface area contributed by atoms with E-state index < -0.39 is 0 Å².